The molecule has 0 saturated carbocycles. The third kappa shape index (κ3) is 4.69. The maximum Gasteiger partial charge on any atom is 0.0728 e. The molecule has 0 spiro atoms. The Kier molecular flexibility index (Phi) is 5.43. The molecular formula is C16H18BrNO. The van der Waals surface area contributed by atoms with Gasteiger partial charge in [0.2, 0.25) is 0 Å². The van der Waals surface area contributed by atoms with Crippen LogP contribution in [-0.4, -0.2) is 13.2 Å². The van der Waals surface area contributed by atoms with Gasteiger partial charge in [-0.1, -0.05) is 46.3 Å². The van der Waals surface area contributed by atoms with Crippen LogP contribution in [0.25, 0.3) is 0 Å². The Labute approximate surface area is 122 Å². The first-order chi connectivity index (χ1) is 9.25. The molecule has 19 heavy (non-hydrogen) atoms. The van der Waals surface area contributed by atoms with Crippen molar-refractivity contribution < 1.29 is 4.74 Å². The Bertz CT molecular complexity index is 528. The average molecular weight is 320 g/mol. The van der Waals surface area contributed by atoms with Crippen molar-refractivity contribution in [2.24, 2.45) is 0 Å². The minimum atomic E-state index is 0.636. The highest BCUT2D eigenvalue weighted by Crippen LogP contribution is 2.16. The lowest BCUT2D eigenvalue weighted by Gasteiger charge is -2.09. The Morgan fingerprint density at radius 2 is 1.95 bits per heavy atom. The second-order valence-electron chi connectivity index (χ2n) is 4.44. The fourth-order valence-corrected chi connectivity index (χ4v) is 2.22. The lowest BCUT2D eigenvalue weighted by molar-refractivity contribution is 0.130. The van der Waals surface area contributed by atoms with Crippen molar-refractivity contribution in [3.8, 4) is 0 Å². The molecule has 2 rings (SSSR count). The van der Waals surface area contributed by atoms with Crippen LogP contribution in [-0.2, 0) is 11.3 Å². The van der Waals surface area contributed by atoms with E-state index >= 15 is 0 Å². The van der Waals surface area contributed by atoms with Crippen LogP contribution in [0.4, 0.5) is 5.69 Å². The SMILES string of the molecule is Cc1cccc(NCCOCc2ccccc2Br)c1. The molecule has 2 aromatic rings. The zero-order valence-electron chi connectivity index (χ0n) is 11.0. The van der Waals surface area contributed by atoms with Crippen LogP contribution in [0.2, 0.25) is 0 Å². The molecule has 0 aliphatic heterocycles. The summed E-state index contributed by atoms with van der Waals surface area (Å²) in [4.78, 5) is 0. The van der Waals surface area contributed by atoms with E-state index in [1.54, 1.807) is 0 Å². The maximum atomic E-state index is 5.66. The molecule has 0 radical (unpaired) electrons. The van der Waals surface area contributed by atoms with Gasteiger partial charge in [-0.05, 0) is 36.2 Å². The van der Waals surface area contributed by atoms with E-state index in [0.29, 0.717) is 13.2 Å². The van der Waals surface area contributed by atoms with Gasteiger partial charge < -0.3 is 10.1 Å². The van der Waals surface area contributed by atoms with E-state index in [2.05, 4.69) is 58.5 Å². The highest BCUT2D eigenvalue weighted by Gasteiger charge is 1.98. The average Bonchev–Trinajstić information content (AvgIpc) is 2.40. The van der Waals surface area contributed by atoms with Crippen molar-refractivity contribution in [2.75, 3.05) is 18.5 Å². The number of anilines is 1. The molecule has 0 saturated heterocycles. The van der Waals surface area contributed by atoms with Gasteiger partial charge in [0.1, 0.15) is 0 Å². The summed E-state index contributed by atoms with van der Waals surface area (Å²) in [5.41, 5.74) is 3.58. The van der Waals surface area contributed by atoms with Crippen molar-refractivity contribution in [1.82, 2.24) is 0 Å². The van der Waals surface area contributed by atoms with E-state index in [4.69, 9.17) is 4.74 Å². The molecule has 0 aromatic heterocycles. The molecule has 0 bridgehead atoms. The number of benzene rings is 2. The van der Waals surface area contributed by atoms with Crippen molar-refractivity contribution in [1.29, 1.82) is 0 Å². The maximum absolute atomic E-state index is 5.66. The van der Waals surface area contributed by atoms with E-state index in [1.807, 2.05) is 18.2 Å². The number of hydrogen-bond acceptors (Lipinski definition) is 2. The van der Waals surface area contributed by atoms with Crippen LogP contribution >= 0.6 is 15.9 Å². The van der Waals surface area contributed by atoms with Gasteiger partial charge in [-0.3, -0.25) is 0 Å². The van der Waals surface area contributed by atoms with Gasteiger partial charge in [-0.2, -0.15) is 0 Å². The first kappa shape index (κ1) is 14.1. The largest absolute Gasteiger partial charge is 0.383 e. The molecule has 100 valence electrons. The fourth-order valence-electron chi connectivity index (χ4n) is 1.82. The summed E-state index contributed by atoms with van der Waals surface area (Å²) in [7, 11) is 0. The van der Waals surface area contributed by atoms with Gasteiger partial charge in [-0.15, -0.1) is 0 Å². The molecule has 2 nitrogen and oxygen atoms in total. The van der Waals surface area contributed by atoms with Crippen LogP contribution in [0.1, 0.15) is 11.1 Å². The summed E-state index contributed by atoms with van der Waals surface area (Å²) < 4.78 is 6.76. The van der Waals surface area contributed by atoms with Crippen molar-refractivity contribution in [3.63, 3.8) is 0 Å². The molecule has 3 heteroatoms. The van der Waals surface area contributed by atoms with Crippen LogP contribution in [0.15, 0.2) is 53.0 Å². The van der Waals surface area contributed by atoms with Gasteiger partial charge >= 0.3 is 0 Å². The highest BCUT2D eigenvalue weighted by molar-refractivity contribution is 9.10. The summed E-state index contributed by atoms with van der Waals surface area (Å²) in [6, 6.07) is 16.5. The Morgan fingerprint density at radius 3 is 2.74 bits per heavy atom. The van der Waals surface area contributed by atoms with Gasteiger partial charge in [0.25, 0.3) is 0 Å². The van der Waals surface area contributed by atoms with E-state index in [0.717, 1.165) is 16.7 Å². The predicted octanol–water partition coefficient (Wildman–Crippen LogP) is 4.39. The second-order valence-corrected chi connectivity index (χ2v) is 5.29. The molecule has 2 aromatic carbocycles. The first-order valence-corrected chi connectivity index (χ1v) is 7.17. The minimum Gasteiger partial charge on any atom is -0.383 e. The second kappa shape index (κ2) is 7.31. The molecule has 0 heterocycles. The van der Waals surface area contributed by atoms with E-state index in [-0.39, 0.29) is 0 Å². The fraction of sp³-hybridized carbons (Fsp3) is 0.250. The summed E-state index contributed by atoms with van der Waals surface area (Å²) >= 11 is 3.51. The number of halogens is 1. The smallest absolute Gasteiger partial charge is 0.0728 e. The molecule has 0 fully saturated rings. The monoisotopic (exact) mass is 319 g/mol. The van der Waals surface area contributed by atoms with Gasteiger partial charge in [0.15, 0.2) is 0 Å². The molecule has 0 amide bonds. The Morgan fingerprint density at radius 1 is 1.11 bits per heavy atom. The van der Waals surface area contributed by atoms with E-state index in [1.165, 1.54) is 11.1 Å². The summed E-state index contributed by atoms with van der Waals surface area (Å²) in [6.45, 7) is 4.23. The third-order valence-electron chi connectivity index (χ3n) is 2.81. The van der Waals surface area contributed by atoms with Gasteiger partial charge in [0.05, 0.1) is 13.2 Å². The lowest BCUT2D eigenvalue weighted by atomic mass is 10.2. The van der Waals surface area contributed by atoms with Crippen LogP contribution in [0.5, 0.6) is 0 Å². The molecule has 0 unspecified atom stereocenters. The van der Waals surface area contributed by atoms with Crippen molar-refractivity contribution in [3.05, 3.63) is 64.1 Å². The molecular weight excluding hydrogens is 302 g/mol. The van der Waals surface area contributed by atoms with Crippen LogP contribution < -0.4 is 5.32 Å². The summed E-state index contributed by atoms with van der Waals surface area (Å²) in [6.07, 6.45) is 0. The summed E-state index contributed by atoms with van der Waals surface area (Å²) in [5, 5.41) is 3.35. The zero-order chi connectivity index (χ0) is 13.5. The standard InChI is InChI=1S/C16H18BrNO/c1-13-5-4-7-15(11-13)18-9-10-19-12-14-6-2-3-8-16(14)17/h2-8,11,18H,9-10,12H2,1H3. The number of aryl methyl sites for hydroxylation is 1. The molecule has 0 aliphatic rings. The molecule has 0 aliphatic carbocycles. The van der Waals surface area contributed by atoms with Crippen molar-refractivity contribution >= 4 is 21.6 Å². The molecule has 1 N–H and O–H groups in total. The Balaban J connectivity index is 1.69. The van der Waals surface area contributed by atoms with E-state index < -0.39 is 0 Å². The normalized spacial score (nSPS) is 10.4. The number of nitrogens with one attached hydrogen (secondary N) is 1. The van der Waals surface area contributed by atoms with E-state index in [9.17, 15) is 0 Å². The van der Waals surface area contributed by atoms with Crippen LogP contribution in [0.3, 0.4) is 0 Å². The first-order valence-electron chi connectivity index (χ1n) is 6.37. The third-order valence-corrected chi connectivity index (χ3v) is 3.58. The van der Waals surface area contributed by atoms with Crippen molar-refractivity contribution in [2.45, 2.75) is 13.5 Å². The highest BCUT2D eigenvalue weighted by atomic mass is 79.9. The number of ether oxygens (including phenoxy) is 1. The van der Waals surface area contributed by atoms with Gasteiger partial charge in [-0.25, -0.2) is 0 Å². The van der Waals surface area contributed by atoms with Gasteiger partial charge in [0, 0.05) is 16.7 Å². The number of rotatable bonds is 6. The number of hydrogen-bond donors (Lipinski definition) is 1. The summed E-state index contributed by atoms with van der Waals surface area (Å²) in [5.74, 6) is 0. The quantitative estimate of drug-likeness (QED) is 0.797. The Hall–Kier alpha value is -1.32. The minimum absolute atomic E-state index is 0.636. The topological polar surface area (TPSA) is 21.3 Å². The molecule has 0 atom stereocenters. The predicted molar refractivity (Wildman–Crippen MR) is 83.5 cm³/mol. The van der Waals surface area contributed by atoms with Crippen LogP contribution in [0, 0.1) is 6.92 Å². The zero-order valence-corrected chi connectivity index (χ0v) is 12.6. The lowest BCUT2D eigenvalue weighted by Crippen LogP contribution is -2.09.